The Morgan fingerprint density at radius 3 is 2.46 bits per heavy atom. The summed E-state index contributed by atoms with van der Waals surface area (Å²) in [5.74, 6) is 1.34. The van der Waals surface area contributed by atoms with Crippen LogP contribution in [-0.4, -0.2) is 28.2 Å². The molecule has 0 atom stereocenters. The van der Waals surface area contributed by atoms with Crippen LogP contribution in [0.4, 0.5) is 0 Å². The molecule has 0 radical (unpaired) electrons. The molecule has 0 N–H and O–H groups in total. The molecular formula is C22H23N3O. The molecular weight excluding hydrogens is 322 g/mol. The van der Waals surface area contributed by atoms with Gasteiger partial charge >= 0.3 is 0 Å². The van der Waals surface area contributed by atoms with Gasteiger partial charge in [0.25, 0.3) is 0 Å². The largest absolute Gasteiger partial charge is 0.438 e. The first-order valence-electron chi connectivity index (χ1n) is 9.16. The van der Waals surface area contributed by atoms with Crippen LogP contribution in [0.2, 0.25) is 0 Å². The predicted molar refractivity (Wildman–Crippen MR) is 103 cm³/mol. The minimum atomic E-state index is 0.516. The van der Waals surface area contributed by atoms with Gasteiger partial charge in [-0.1, -0.05) is 36.4 Å². The van der Waals surface area contributed by atoms with E-state index in [1.54, 1.807) is 0 Å². The summed E-state index contributed by atoms with van der Waals surface area (Å²) < 4.78 is 5.96. The molecule has 1 aromatic heterocycles. The maximum Gasteiger partial charge on any atom is 0.238 e. The first-order chi connectivity index (χ1) is 12.8. The summed E-state index contributed by atoms with van der Waals surface area (Å²) in [6.45, 7) is 5.47. The maximum absolute atomic E-state index is 5.96. The topological polar surface area (TPSA) is 38.2 Å². The molecule has 0 bridgehead atoms. The highest BCUT2D eigenvalue weighted by atomic mass is 16.5. The van der Waals surface area contributed by atoms with Crippen LogP contribution >= 0.6 is 0 Å². The molecule has 1 aliphatic heterocycles. The van der Waals surface area contributed by atoms with E-state index >= 15 is 0 Å². The van der Waals surface area contributed by atoms with Crippen molar-refractivity contribution < 1.29 is 4.74 Å². The van der Waals surface area contributed by atoms with Crippen molar-refractivity contribution >= 4 is 0 Å². The first-order valence-corrected chi connectivity index (χ1v) is 9.16. The van der Waals surface area contributed by atoms with Crippen molar-refractivity contribution in [1.29, 1.82) is 0 Å². The summed E-state index contributed by atoms with van der Waals surface area (Å²) in [5.41, 5.74) is 4.38. The van der Waals surface area contributed by atoms with Crippen LogP contribution in [-0.2, 0) is 6.54 Å². The third-order valence-electron chi connectivity index (χ3n) is 4.65. The highest BCUT2D eigenvalue weighted by Gasteiger charge is 2.13. The Hall–Kier alpha value is -2.72. The zero-order valence-corrected chi connectivity index (χ0v) is 15.1. The lowest BCUT2D eigenvalue weighted by Crippen LogP contribution is -2.18. The molecule has 132 valence electrons. The van der Waals surface area contributed by atoms with E-state index in [0.717, 1.165) is 23.6 Å². The summed E-state index contributed by atoms with van der Waals surface area (Å²) >= 11 is 0. The molecule has 4 nitrogen and oxygen atoms in total. The van der Waals surface area contributed by atoms with Gasteiger partial charge in [0, 0.05) is 18.2 Å². The van der Waals surface area contributed by atoms with Gasteiger partial charge in [-0.15, -0.1) is 10.2 Å². The predicted octanol–water partition coefficient (Wildman–Crippen LogP) is 4.84. The number of rotatable bonds is 5. The minimum absolute atomic E-state index is 0.516. The minimum Gasteiger partial charge on any atom is -0.438 e. The number of likely N-dealkylation sites (tertiary alicyclic amines) is 1. The van der Waals surface area contributed by atoms with E-state index < -0.39 is 0 Å². The molecule has 4 heteroatoms. The Bertz CT molecular complexity index is 856. The summed E-state index contributed by atoms with van der Waals surface area (Å²) in [4.78, 5) is 2.49. The van der Waals surface area contributed by atoms with Gasteiger partial charge in [0.1, 0.15) is 5.75 Å². The van der Waals surface area contributed by atoms with E-state index in [-0.39, 0.29) is 0 Å². The zero-order chi connectivity index (χ0) is 17.8. The van der Waals surface area contributed by atoms with Crippen LogP contribution in [0, 0.1) is 6.92 Å². The standard InChI is InChI=1S/C22H23N3O/c1-17-13-18(16-25-11-5-6-12-25)15-20(14-17)26-22-10-9-21(23-24-22)19-7-3-2-4-8-19/h2-4,7-10,13-15H,5-6,11-12,16H2,1H3. The van der Waals surface area contributed by atoms with Gasteiger partial charge < -0.3 is 4.74 Å². The van der Waals surface area contributed by atoms with E-state index in [0.29, 0.717) is 5.88 Å². The molecule has 26 heavy (non-hydrogen) atoms. The molecule has 2 heterocycles. The lowest BCUT2D eigenvalue weighted by Gasteiger charge is -2.16. The molecule has 1 aliphatic rings. The summed E-state index contributed by atoms with van der Waals surface area (Å²) in [6.07, 6.45) is 2.61. The number of aromatic nitrogens is 2. The van der Waals surface area contributed by atoms with Gasteiger partial charge in [0.15, 0.2) is 0 Å². The number of hydrogen-bond donors (Lipinski definition) is 0. The zero-order valence-electron chi connectivity index (χ0n) is 15.1. The molecule has 1 saturated heterocycles. The highest BCUT2D eigenvalue weighted by molar-refractivity contribution is 5.58. The first kappa shape index (κ1) is 16.7. The van der Waals surface area contributed by atoms with Crippen LogP contribution in [0.15, 0.2) is 60.7 Å². The Balaban J connectivity index is 1.48. The van der Waals surface area contributed by atoms with Crippen molar-refractivity contribution in [3.05, 3.63) is 71.8 Å². The van der Waals surface area contributed by atoms with Crippen LogP contribution in [0.3, 0.4) is 0 Å². The Labute approximate surface area is 154 Å². The van der Waals surface area contributed by atoms with Gasteiger partial charge in [0.05, 0.1) is 5.69 Å². The number of aryl methyl sites for hydroxylation is 1. The van der Waals surface area contributed by atoms with Gasteiger partial charge in [-0.25, -0.2) is 0 Å². The molecule has 0 spiro atoms. The lowest BCUT2D eigenvalue weighted by molar-refractivity contribution is 0.330. The van der Waals surface area contributed by atoms with Gasteiger partial charge in [-0.2, -0.15) is 0 Å². The second kappa shape index (κ2) is 7.67. The third-order valence-corrected chi connectivity index (χ3v) is 4.65. The van der Waals surface area contributed by atoms with Crippen molar-refractivity contribution in [3.63, 3.8) is 0 Å². The SMILES string of the molecule is Cc1cc(CN2CCCC2)cc(Oc2ccc(-c3ccccc3)nn2)c1. The number of ether oxygens (including phenoxy) is 1. The van der Waals surface area contributed by atoms with Crippen molar-refractivity contribution in [3.8, 4) is 22.9 Å². The molecule has 4 rings (SSSR count). The van der Waals surface area contributed by atoms with E-state index in [2.05, 4.69) is 34.2 Å². The van der Waals surface area contributed by atoms with Crippen molar-refractivity contribution in [2.45, 2.75) is 26.3 Å². The van der Waals surface area contributed by atoms with Gasteiger partial charge in [0.2, 0.25) is 5.88 Å². The summed E-state index contributed by atoms with van der Waals surface area (Å²) in [6, 6.07) is 20.2. The lowest BCUT2D eigenvalue weighted by atomic mass is 10.1. The van der Waals surface area contributed by atoms with E-state index in [9.17, 15) is 0 Å². The molecule has 1 fully saturated rings. The quantitative estimate of drug-likeness (QED) is 0.663. The number of benzene rings is 2. The summed E-state index contributed by atoms with van der Waals surface area (Å²) in [5, 5.41) is 8.52. The number of hydrogen-bond acceptors (Lipinski definition) is 4. The fraction of sp³-hybridized carbons (Fsp3) is 0.273. The molecule has 0 saturated carbocycles. The van der Waals surface area contributed by atoms with Crippen LogP contribution in [0.1, 0.15) is 24.0 Å². The van der Waals surface area contributed by atoms with Gasteiger partial charge in [-0.05, 0) is 62.2 Å². The van der Waals surface area contributed by atoms with Crippen LogP contribution in [0.25, 0.3) is 11.3 Å². The highest BCUT2D eigenvalue weighted by Crippen LogP contribution is 2.25. The maximum atomic E-state index is 5.96. The van der Waals surface area contributed by atoms with E-state index in [1.165, 1.54) is 37.1 Å². The van der Waals surface area contributed by atoms with Crippen LogP contribution < -0.4 is 4.74 Å². The second-order valence-corrected chi connectivity index (χ2v) is 6.86. The Morgan fingerprint density at radius 2 is 1.73 bits per heavy atom. The second-order valence-electron chi connectivity index (χ2n) is 6.86. The smallest absolute Gasteiger partial charge is 0.238 e. The Morgan fingerprint density at radius 1 is 0.923 bits per heavy atom. The molecule has 0 amide bonds. The molecule has 0 aliphatic carbocycles. The monoisotopic (exact) mass is 345 g/mol. The third kappa shape index (κ3) is 4.09. The van der Waals surface area contributed by atoms with Crippen molar-refractivity contribution in [2.24, 2.45) is 0 Å². The summed E-state index contributed by atoms with van der Waals surface area (Å²) in [7, 11) is 0. The fourth-order valence-electron chi connectivity index (χ4n) is 3.43. The normalized spacial score (nSPS) is 14.5. The Kier molecular flexibility index (Phi) is 4.93. The molecule has 0 unspecified atom stereocenters. The van der Waals surface area contributed by atoms with E-state index in [4.69, 9.17) is 4.74 Å². The van der Waals surface area contributed by atoms with Crippen molar-refractivity contribution in [2.75, 3.05) is 13.1 Å². The van der Waals surface area contributed by atoms with E-state index in [1.807, 2.05) is 48.5 Å². The fourth-order valence-corrected chi connectivity index (χ4v) is 3.43. The van der Waals surface area contributed by atoms with Crippen molar-refractivity contribution in [1.82, 2.24) is 15.1 Å². The van der Waals surface area contributed by atoms with Crippen LogP contribution in [0.5, 0.6) is 11.6 Å². The average Bonchev–Trinajstić information content (AvgIpc) is 3.15. The molecule has 2 aromatic carbocycles. The van der Waals surface area contributed by atoms with Gasteiger partial charge in [-0.3, -0.25) is 4.90 Å². The average molecular weight is 345 g/mol. The number of nitrogens with zero attached hydrogens (tertiary/aromatic N) is 3. The molecule has 3 aromatic rings.